The van der Waals surface area contributed by atoms with Crippen LogP contribution in [-0.4, -0.2) is 30.6 Å². The second-order valence-electron chi connectivity index (χ2n) is 6.84. The Balaban J connectivity index is 1.59. The second kappa shape index (κ2) is 8.68. The van der Waals surface area contributed by atoms with E-state index < -0.39 is 5.54 Å². The minimum Gasteiger partial charge on any atom is -0.465 e. The standard InChI is InChI=1S/C22H23N3O3/c1-2-28-21(27)22(13-17-5-3-4-6-18(17)14-22)24-12-11-20(26)25-19-9-7-16(15-23)8-10-19/h3-10,24H,2,11-14H2,1H3,(H,25,26). The van der Waals surface area contributed by atoms with Crippen LogP contribution in [0.3, 0.4) is 0 Å². The van der Waals surface area contributed by atoms with Gasteiger partial charge in [0.1, 0.15) is 5.54 Å². The van der Waals surface area contributed by atoms with E-state index in [0.29, 0.717) is 37.2 Å². The SMILES string of the molecule is CCOC(=O)C1(NCCC(=O)Nc2ccc(C#N)cc2)Cc2ccccc2C1. The summed E-state index contributed by atoms with van der Waals surface area (Å²) in [5.74, 6) is -0.439. The third kappa shape index (κ3) is 4.38. The number of nitrogens with one attached hydrogen (secondary N) is 2. The first-order chi connectivity index (χ1) is 13.6. The highest BCUT2D eigenvalue weighted by Gasteiger charge is 2.44. The summed E-state index contributed by atoms with van der Waals surface area (Å²) in [4.78, 5) is 24.9. The van der Waals surface area contributed by atoms with Crippen molar-refractivity contribution in [3.8, 4) is 6.07 Å². The van der Waals surface area contributed by atoms with E-state index in [2.05, 4.69) is 10.6 Å². The lowest BCUT2D eigenvalue weighted by molar-refractivity contribution is -0.151. The Labute approximate surface area is 164 Å². The second-order valence-corrected chi connectivity index (χ2v) is 6.84. The lowest BCUT2D eigenvalue weighted by Gasteiger charge is -2.28. The molecule has 0 aromatic heterocycles. The van der Waals surface area contributed by atoms with Crippen LogP contribution >= 0.6 is 0 Å². The molecule has 6 nitrogen and oxygen atoms in total. The van der Waals surface area contributed by atoms with Crippen LogP contribution in [0, 0.1) is 11.3 Å². The fourth-order valence-electron chi connectivity index (χ4n) is 3.49. The molecule has 2 aromatic carbocycles. The maximum absolute atomic E-state index is 12.7. The molecule has 0 spiro atoms. The van der Waals surface area contributed by atoms with Gasteiger partial charge in [0.25, 0.3) is 0 Å². The summed E-state index contributed by atoms with van der Waals surface area (Å²) in [6, 6.07) is 16.7. The normalized spacial score (nSPS) is 14.0. The third-order valence-corrected chi connectivity index (χ3v) is 4.88. The highest BCUT2D eigenvalue weighted by Crippen LogP contribution is 2.31. The molecule has 0 bridgehead atoms. The topological polar surface area (TPSA) is 91.2 Å². The van der Waals surface area contributed by atoms with Crippen molar-refractivity contribution in [2.45, 2.75) is 31.7 Å². The zero-order valence-corrected chi connectivity index (χ0v) is 15.8. The molecule has 0 atom stereocenters. The Morgan fingerprint density at radius 3 is 2.32 bits per heavy atom. The van der Waals surface area contributed by atoms with Gasteiger partial charge in [0, 0.05) is 31.5 Å². The van der Waals surface area contributed by atoms with Crippen molar-refractivity contribution >= 4 is 17.6 Å². The quantitative estimate of drug-likeness (QED) is 0.724. The summed E-state index contributed by atoms with van der Waals surface area (Å²) in [5, 5.41) is 14.9. The average molecular weight is 377 g/mol. The van der Waals surface area contributed by atoms with E-state index >= 15 is 0 Å². The molecule has 2 N–H and O–H groups in total. The molecule has 0 saturated carbocycles. The molecule has 144 valence electrons. The minimum absolute atomic E-state index is 0.160. The lowest BCUT2D eigenvalue weighted by atomic mass is 9.95. The molecule has 2 aromatic rings. The highest BCUT2D eigenvalue weighted by molar-refractivity contribution is 5.91. The van der Waals surface area contributed by atoms with Crippen LogP contribution in [-0.2, 0) is 27.2 Å². The number of nitriles is 1. The number of anilines is 1. The lowest BCUT2D eigenvalue weighted by Crippen LogP contribution is -2.54. The third-order valence-electron chi connectivity index (χ3n) is 4.88. The first kappa shape index (κ1) is 19.6. The molecule has 0 radical (unpaired) electrons. The maximum Gasteiger partial charge on any atom is 0.327 e. The molecule has 28 heavy (non-hydrogen) atoms. The Bertz CT molecular complexity index is 875. The number of esters is 1. The van der Waals surface area contributed by atoms with Gasteiger partial charge < -0.3 is 15.4 Å². The van der Waals surface area contributed by atoms with Crippen LogP contribution in [0.2, 0.25) is 0 Å². The van der Waals surface area contributed by atoms with Gasteiger partial charge in [-0.2, -0.15) is 5.26 Å². The van der Waals surface area contributed by atoms with Crippen LogP contribution in [0.4, 0.5) is 5.69 Å². The molecule has 0 fully saturated rings. The maximum atomic E-state index is 12.7. The summed E-state index contributed by atoms with van der Waals surface area (Å²) in [6.07, 6.45) is 1.33. The number of ether oxygens (including phenoxy) is 1. The number of carbonyl (C=O) groups is 2. The van der Waals surface area contributed by atoms with Gasteiger partial charge in [0.2, 0.25) is 5.91 Å². The average Bonchev–Trinajstić information content (AvgIpc) is 3.08. The van der Waals surface area contributed by atoms with Gasteiger partial charge in [-0.3, -0.25) is 9.59 Å². The van der Waals surface area contributed by atoms with Gasteiger partial charge in [0.15, 0.2) is 0 Å². The van der Waals surface area contributed by atoms with Crippen molar-refractivity contribution in [2.24, 2.45) is 0 Å². The molecule has 1 aliphatic rings. The summed E-state index contributed by atoms with van der Waals surface area (Å²) in [5.41, 5.74) is 2.61. The number of hydrogen-bond acceptors (Lipinski definition) is 5. The van der Waals surface area contributed by atoms with Crippen LogP contribution in [0.25, 0.3) is 0 Å². The van der Waals surface area contributed by atoms with Crippen LogP contribution in [0.5, 0.6) is 0 Å². The smallest absolute Gasteiger partial charge is 0.327 e. The first-order valence-electron chi connectivity index (χ1n) is 9.35. The van der Waals surface area contributed by atoms with Gasteiger partial charge in [-0.1, -0.05) is 24.3 Å². The predicted octanol–water partition coefficient (Wildman–Crippen LogP) is 2.58. The molecule has 0 aliphatic heterocycles. The number of nitrogens with zero attached hydrogens (tertiary/aromatic N) is 1. The number of benzene rings is 2. The van der Waals surface area contributed by atoms with Gasteiger partial charge in [-0.25, -0.2) is 0 Å². The van der Waals surface area contributed by atoms with Crippen molar-refractivity contribution in [1.82, 2.24) is 5.32 Å². The van der Waals surface area contributed by atoms with Crippen molar-refractivity contribution in [2.75, 3.05) is 18.5 Å². The number of amides is 1. The Morgan fingerprint density at radius 2 is 1.75 bits per heavy atom. The molecule has 6 heteroatoms. The zero-order chi connectivity index (χ0) is 20.0. The number of carbonyl (C=O) groups excluding carboxylic acids is 2. The van der Waals surface area contributed by atoms with Gasteiger partial charge in [-0.15, -0.1) is 0 Å². The van der Waals surface area contributed by atoms with E-state index in [0.717, 1.165) is 11.1 Å². The van der Waals surface area contributed by atoms with Crippen LogP contribution in [0.15, 0.2) is 48.5 Å². The fourth-order valence-corrected chi connectivity index (χ4v) is 3.49. The molecular formula is C22H23N3O3. The Hall–Kier alpha value is -3.17. The van der Waals surface area contributed by atoms with Crippen molar-refractivity contribution in [1.29, 1.82) is 5.26 Å². The van der Waals surface area contributed by atoms with E-state index in [9.17, 15) is 9.59 Å². The van der Waals surface area contributed by atoms with Crippen LogP contribution < -0.4 is 10.6 Å². The number of hydrogen-bond donors (Lipinski definition) is 2. The van der Waals surface area contributed by atoms with Crippen LogP contribution in [0.1, 0.15) is 30.0 Å². The summed E-state index contributed by atoms with van der Waals surface area (Å²) in [7, 11) is 0. The highest BCUT2D eigenvalue weighted by atomic mass is 16.5. The molecule has 3 rings (SSSR count). The summed E-state index contributed by atoms with van der Waals surface area (Å²) < 4.78 is 5.31. The zero-order valence-electron chi connectivity index (χ0n) is 15.8. The molecule has 0 unspecified atom stereocenters. The van der Waals surface area contributed by atoms with Crippen molar-refractivity contribution in [3.63, 3.8) is 0 Å². The van der Waals surface area contributed by atoms with E-state index in [-0.39, 0.29) is 18.3 Å². The van der Waals surface area contributed by atoms with Crippen molar-refractivity contribution in [3.05, 3.63) is 65.2 Å². The molecular weight excluding hydrogens is 354 g/mol. The Morgan fingerprint density at radius 1 is 1.11 bits per heavy atom. The molecule has 0 saturated heterocycles. The molecule has 1 aliphatic carbocycles. The van der Waals surface area contributed by atoms with E-state index in [1.165, 1.54) is 0 Å². The number of rotatable bonds is 7. The largest absolute Gasteiger partial charge is 0.465 e. The van der Waals surface area contributed by atoms with Gasteiger partial charge in [0.05, 0.1) is 18.2 Å². The number of fused-ring (bicyclic) bond motifs is 1. The molecule has 1 amide bonds. The van der Waals surface area contributed by atoms with Crippen molar-refractivity contribution < 1.29 is 14.3 Å². The van der Waals surface area contributed by atoms with Gasteiger partial charge >= 0.3 is 5.97 Å². The van der Waals surface area contributed by atoms with Gasteiger partial charge in [-0.05, 0) is 42.3 Å². The monoisotopic (exact) mass is 377 g/mol. The fraction of sp³-hybridized carbons (Fsp3) is 0.318. The first-order valence-corrected chi connectivity index (χ1v) is 9.35. The van der Waals surface area contributed by atoms with E-state index in [1.54, 1.807) is 31.2 Å². The predicted molar refractivity (Wildman–Crippen MR) is 106 cm³/mol. The molecule has 0 heterocycles. The van der Waals surface area contributed by atoms with E-state index in [4.69, 9.17) is 10.00 Å². The van der Waals surface area contributed by atoms with E-state index in [1.807, 2.05) is 30.3 Å². The summed E-state index contributed by atoms with van der Waals surface area (Å²) >= 11 is 0. The Kier molecular flexibility index (Phi) is 6.07. The summed E-state index contributed by atoms with van der Waals surface area (Å²) in [6.45, 7) is 2.46. The minimum atomic E-state index is -0.825.